The number of hydrogen-bond donors (Lipinski definition) is 4. The second kappa shape index (κ2) is 18.9. The van der Waals surface area contributed by atoms with Crippen molar-refractivity contribution in [3.63, 3.8) is 0 Å². The lowest BCUT2D eigenvalue weighted by Crippen LogP contribution is -2.40. The fraction of sp³-hybridized carbons (Fsp3) is 0.640. The summed E-state index contributed by atoms with van der Waals surface area (Å²) >= 11 is 0. The number of benzene rings is 1. The van der Waals surface area contributed by atoms with Crippen LogP contribution in [0.2, 0.25) is 0 Å². The molecule has 0 aliphatic carbocycles. The zero-order valence-electron chi connectivity index (χ0n) is 20.9. The van der Waals surface area contributed by atoms with Crippen molar-refractivity contribution in [1.29, 1.82) is 0 Å². The molecule has 1 unspecified atom stereocenters. The third-order valence-electron chi connectivity index (χ3n) is 4.92. The van der Waals surface area contributed by atoms with E-state index in [2.05, 4.69) is 36.6 Å². The molecule has 0 heterocycles. The molecular formula is C25H43N3O5. The molecule has 0 bridgehead atoms. The van der Waals surface area contributed by atoms with Gasteiger partial charge in [0.25, 0.3) is 0 Å². The molecule has 0 aromatic heterocycles. The van der Waals surface area contributed by atoms with Gasteiger partial charge in [0.1, 0.15) is 5.75 Å². The Hall–Kier alpha value is -2.61. The molecule has 0 saturated carbocycles. The number of amides is 3. The average molecular weight is 466 g/mol. The molecular weight excluding hydrogens is 422 g/mol. The lowest BCUT2D eigenvalue weighted by molar-refractivity contribution is -0.135. The fourth-order valence-corrected chi connectivity index (χ4v) is 3.05. The van der Waals surface area contributed by atoms with E-state index in [1.807, 2.05) is 26.0 Å². The van der Waals surface area contributed by atoms with E-state index >= 15 is 0 Å². The quantitative estimate of drug-likeness (QED) is 0.190. The zero-order valence-corrected chi connectivity index (χ0v) is 20.9. The summed E-state index contributed by atoms with van der Waals surface area (Å²) in [6.45, 7) is 8.92. The molecule has 0 saturated heterocycles. The highest BCUT2D eigenvalue weighted by atomic mass is 16.5. The van der Waals surface area contributed by atoms with E-state index in [1.165, 1.54) is 50.2 Å². The Morgan fingerprint density at radius 3 is 2.18 bits per heavy atom. The van der Waals surface area contributed by atoms with E-state index in [1.54, 1.807) is 0 Å². The summed E-state index contributed by atoms with van der Waals surface area (Å²) in [5, 5.41) is 13.3. The maximum Gasteiger partial charge on any atom is 0.244 e. The summed E-state index contributed by atoms with van der Waals surface area (Å²) < 4.78 is 5.64. The van der Waals surface area contributed by atoms with Crippen LogP contribution < -0.4 is 20.9 Å². The smallest absolute Gasteiger partial charge is 0.244 e. The Morgan fingerprint density at radius 2 is 1.64 bits per heavy atom. The molecule has 1 rings (SSSR count). The third-order valence-corrected chi connectivity index (χ3v) is 4.92. The van der Waals surface area contributed by atoms with Gasteiger partial charge in [-0.05, 0) is 37.8 Å². The number of nitrogens with one attached hydrogen (secondary N) is 3. The van der Waals surface area contributed by atoms with Gasteiger partial charge in [0.2, 0.25) is 17.7 Å². The highest BCUT2D eigenvalue weighted by Crippen LogP contribution is 2.15. The Balaban J connectivity index is 0.000000629. The first-order chi connectivity index (χ1) is 15.7. The topological polar surface area (TPSA) is 117 Å². The summed E-state index contributed by atoms with van der Waals surface area (Å²) in [4.78, 5) is 33.9. The van der Waals surface area contributed by atoms with Crippen LogP contribution in [0.3, 0.4) is 0 Å². The number of rotatable bonds is 14. The monoisotopic (exact) mass is 465 g/mol. The van der Waals surface area contributed by atoms with Crippen LogP contribution in [0.5, 0.6) is 5.75 Å². The van der Waals surface area contributed by atoms with Crippen LogP contribution in [0, 0.1) is 18.8 Å². The fourth-order valence-electron chi connectivity index (χ4n) is 3.05. The highest BCUT2D eigenvalue weighted by Gasteiger charge is 2.23. The molecule has 0 spiro atoms. The number of hydrogen-bond acceptors (Lipinski definition) is 5. The van der Waals surface area contributed by atoms with Gasteiger partial charge >= 0.3 is 0 Å². The second-order valence-electron chi connectivity index (χ2n) is 8.53. The first-order valence-electron chi connectivity index (χ1n) is 11.8. The minimum Gasteiger partial charge on any atom is -0.494 e. The molecule has 1 aromatic carbocycles. The summed E-state index contributed by atoms with van der Waals surface area (Å²) in [6.07, 6.45) is 6.87. The van der Waals surface area contributed by atoms with Crippen molar-refractivity contribution in [2.45, 2.75) is 72.6 Å². The Kier molecular flexibility index (Phi) is 17.4. The first-order valence-corrected chi connectivity index (χ1v) is 11.8. The Labute approximate surface area is 198 Å². The summed E-state index contributed by atoms with van der Waals surface area (Å²) in [5.41, 5.74) is 2.78. The van der Waals surface area contributed by atoms with Gasteiger partial charge in [0.05, 0.1) is 13.2 Å². The molecule has 4 N–H and O–H groups in total. The van der Waals surface area contributed by atoms with Crippen molar-refractivity contribution in [3.8, 4) is 5.75 Å². The van der Waals surface area contributed by atoms with Crippen LogP contribution in [0.4, 0.5) is 0 Å². The average Bonchev–Trinajstić information content (AvgIpc) is 2.80. The number of carbonyl (C=O) groups is 3. The SMILES string of the molecule is CCCCCCCOc1ccc(C)cc1.CNC(=O)CNC(=O)C(CC(=O)NO)CC(C)C. The predicted molar refractivity (Wildman–Crippen MR) is 130 cm³/mol. The van der Waals surface area contributed by atoms with Gasteiger partial charge in [-0.1, -0.05) is 64.2 Å². The van der Waals surface area contributed by atoms with Gasteiger partial charge in [-0.25, -0.2) is 5.48 Å². The molecule has 0 aliphatic heterocycles. The molecule has 0 aliphatic rings. The highest BCUT2D eigenvalue weighted by molar-refractivity contribution is 5.88. The number of ether oxygens (including phenoxy) is 1. The Bertz CT molecular complexity index is 677. The van der Waals surface area contributed by atoms with Gasteiger partial charge < -0.3 is 15.4 Å². The van der Waals surface area contributed by atoms with Crippen LogP contribution >= 0.6 is 0 Å². The van der Waals surface area contributed by atoms with E-state index in [4.69, 9.17) is 9.94 Å². The molecule has 0 fully saturated rings. The molecule has 8 heteroatoms. The van der Waals surface area contributed by atoms with E-state index in [-0.39, 0.29) is 30.7 Å². The molecule has 1 atom stereocenters. The van der Waals surface area contributed by atoms with Crippen LogP contribution in [0.25, 0.3) is 0 Å². The third kappa shape index (κ3) is 16.7. The molecule has 8 nitrogen and oxygen atoms in total. The van der Waals surface area contributed by atoms with Crippen molar-refractivity contribution in [2.75, 3.05) is 20.2 Å². The summed E-state index contributed by atoms with van der Waals surface area (Å²) in [7, 11) is 1.47. The lowest BCUT2D eigenvalue weighted by atomic mass is 9.93. The molecule has 33 heavy (non-hydrogen) atoms. The zero-order chi connectivity index (χ0) is 25.1. The van der Waals surface area contributed by atoms with Crippen molar-refractivity contribution in [2.24, 2.45) is 11.8 Å². The van der Waals surface area contributed by atoms with Crippen molar-refractivity contribution in [1.82, 2.24) is 16.1 Å². The van der Waals surface area contributed by atoms with E-state index in [0.717, 1.165) is 12.4 Å². The summed E-state index contributed by atoms with van der Waals surface area (Å²) in [5.74, 6) is -0.616. The number of carbonyl (C=O) groups excluding carboxylic acids is 3. The van der Waals surface area contributed by atoms with E-state index in [9.17, 15) is 14.4 Å². The number of hydroxylamine groups is 1. The number of likely N-dealkylation sites (N-methyl/N-ethyl adjacent to an activating group) is 1. The van der Waals surface area contributed by atoms with Crippen molar-refractivity contribution in [3.05, 3.63) is 29.8 Å². The van der Waals surface area contributed by atoms with Gasteiger partial charge in [-0.3, -0.25) is 19.6 Å². The van der Waals surface area contributed by atoms with Crippen molar-refractivity contribution >= 4 is 17.7 Å². The van der Waals surface area contributed by atoms with E-state index < -0.39 is 11.8 Å². The number of aryl methyl sites for hydroxylation is 1. The minimum absolute atomic E-state index is 0.103. The van der Waals surface area contributed by atoms with Crippen LogP contribution in [-0.4, -0.2) is 43.1 Å². The van der Waals surface area contributed by atoms with Gasteiger partial charge in [0.15, 0.2) is 0 Å². The second-order valence-corrected chi connectivity index (χ2v) is 8.53. The normalized spacial score (nSPS) is 11.1. The molecule has 0 radical (unpaired) electrons. The largest absolute Gasteiger partial charge is 0.494 e. The first kappa shape index (κ1) is 30.4. The van der Waals surface area contributed by atoms with Crippen LogP contribution in [0.15, 0.2) is 24.3 Å². The predicted octanol–water partition coefficient (Wildman–Crippen LogP) is 3.75. The molecule has 188 valence electrons. The Morgan fingerprint density at radius 1 is 1.00 bits per heavy atom. The lowest BCUT2D eigenvalue weighted by Gasteiger charge is -2.17. The minimum atomic E-state index is -0.615. The standard InChI is InChI=1S/C14H22O.C11H21N3O4/c1-3-4-5-6-7-12-15-14-10-8-13(2)9-11-14;1-7(2)4-8(5-9(15)14-18)11(17)13-6-10(16)12-3/h8-11H,3-7,12H2,1-2H3;7-8,18H,4-6H2,1-3H3,(H,12,16)(H,13,17)(H,14,15). The van der Waals surface area contributed by atoms with E-state index in [0.29, 0.717) is 6.42 Å². The van der Waals surface area contributed by atoms with Gasteiger partial charge in [-0.2, -0.15) is 0 Å². The maximum absolute atomic E-state index is 11.8. The molecule has 3 amide bonds. The molecule has 1 aromatic rings. The number of unbranched alkanes of at least 4 members (excludes halogenated alkanes) is 4. The maximum atomic E-state index is 11.8. The van der Waals surface area contributed by atoms with Gasteiger partial charge in [-0.15, -0.1) is 0 Å². The summed E-state index contributed by atoms with van der Waals surface area (Å²) in [6, 6.07) is 8.27. The van der Waals surface area contributed by atoms with Crippen LogP contribution in [0.1, 0.15) is 71.3 Å². The van der Waals surface area contributed by atoms with Gasteiger partial charge in [0, 0.05) is 19.4 Å². The van der Waals surface area contributed by atoms with Crippen LogP contribution in [-0.2, 0) is 14.4 Å². The van der Waals surface area contributed by atoms with Crippen molar-refractivity contribution < 1.29 is 24.3 Å².